The number of nitrogens with zero attached hydrogens (tertiary/aromatic N) is 2. The van der Waals surface area contributed by atoms with Crippen LogP contribution >= 0.6 is 11.3 Å². The highest BCUT2D eigenvalue weighted by atomic mass is 32.2. The van der Waals surface area contributed by atoms with Gasteiger partial charge < -0.3 is 4.57 Å². The summed E-state index contributed by atoms with van der Waals surface area (Å²) in [4.78, 5) is 17.7. The number of anilines is 1. The van der Waals surface area contributed by atoms with Crippen molar-refractivity contribution in [1.29, 1.82) is 0 Å². The molecule has 0 saturated carbocycles. The van der Waals surface area contributed by atoms with E-state index in [1.165, 1.54) is 41.2 Å². The average Bonchev–Trinajstić information content (AvgIpc) is 3.19. The maximum atomic E-state index is 13.2. The molecule has 0 fully saturated rings. The summed E-state index contributed by atoms with van der Waals surface area (Å²) in [5.41, 5.74) is 2.53. The summed E-state index contributed by atoms with van der Waals surface area (Å²) < 4.78 is 43.7. The van der Waals surface area contributed by atoms with E-state index in [4.69, 9.17) is 6.42 Å². The van der Waals surface area contributed by atoms with E-state index in [1.807, 2.05) is 10.6 Å². The molecule has 184 valence electrons. The van der Waals surface area contributed by atoms with Crippen LogP contribution in [0.4, 0.5) is 10.1 Å². The summed E-state index contributed by atoms with van der Waals surface area (Å²) in [5, 5.41) is 0. The molecule has 0 aliphatic heterocycles. The van der Waals surface area contributed by atoms with Crippen LogP contribution in [0, 0.1) is 18.2 Å². The second kappa shape index (κ2) is 10.9. The quantitative estimate of drug-likeness (QED) is 0.317. The summed E-state index contributed by atoms with van der Waals surface area (Å²) >= 11 is 1.38. The fraction of sp³-hybridized carbons (Fsp3) is 0.185. The molecule has 0 unspecified atom stereocenters. The van der Waals surface area contributed by atoms with Crippen LogP contribution in [-0.2, 0) is 23.0 Å². The van der Waals surface area contributed by atoms with Gasteiger partial charge in [0.1, 0.15) is 5.82 Å². The van der Waals surface area contributed by atoms with Gasteiger partial charge in [-0.15, -0.1) is 6.42 Å². The van der Waals surface area contributed by atoms with Gasteiger partial charge in [0.15, 0.2) is 4.80 Å². The van der Waals surface area contributed by atoms with Crippen molar-refractivity contribution in [1.82, 2.24) is 4.57 Å². The third-order valence-electron chi connectivity index (χ3n) is 5.50. The molecule has 36 heavy (non-hydrogen) atoms. The zero-order chi connectivity index (χ0) is 25.7. The Morgan fingerprint density at radius 2 is 1.92 bits per heavy atom. The molecular weight excluding hydrogens is 497 g/mol. The maximum absolute atomic E-state index is 13.2. The Morgan fingerprint density at radius 1 is 1.14 bits per heavy atom. The Bertz CT molecular complexity index is 1630. The Kier molecular flexibility index (Phi) is 7.67. The standard InChI is InChI=1S/C27H24FN3O3S2/c1-3-5-7-19-10-15-24-25(17-19)35-27(31(24)16-4-2)29-26(32)20-8-6-9-22(18-20)30-36(33,34)23-13-11-21(28)12-14-23/h2,6,8-15,17-18,30H,3,5,7,16H2,1H3. The van der Waals surface area contributed by atoms with Gasteiger partial charge in [0.25, 0.3) is 15.9 Å². The first-order chi connectivity index (χ1) is 17.3. The Hall–Kier alpha value is -3.74. The van der Waals surface area contributed by atoms with Crippen molar-refractivity contribution in [2.24, 2.45) is 4.99 Å². The third kappa shape index (κ3) is 5.73. The molecule has 1 N–H and O–H groups in total. The van der Waals surface area contributed by atoms with Gasteiger partial charge in [0.05, 0.1) is 21.7 Å². The van der Waals surface area contributed by atoms with Crippen LogP contribution < -0.4 is 9.52 Å². The van der Waals surface area contributed by atoms with Gasteiger partial charge in [-0.05, 0) is 73.0 Å². The zero-order valence-electron chi connectivity index (χ0n) is 19.6. The molecule has 4 rings (SSSR count). The van der Waals surface area contributed by atoms with E-state index in [9.17, 15) is 17.6 Å². The number of rotatable bonds is 8. The average molecular weight is 522 g/mol. The van der Waals surface area contributed by atoms with E-state index >= 15 is 0 Å². The van der Waals surface area contributed by atoms with Crippen molar-refractivity contribution in [2.75, 3.05) is 4.72 Å². The highest BCUT2D eigenvalue weighted by Gasteiger charge is 2.16. The normalized spacial score (nSPS) is 12.0. The molecule has 0 radical (unpaired) electrons. The number of unbranched alkanes of at least 4 members (excludes halogenated alkanes) is 1. The molecule has 0 atom stereocenters. The number of terminal acetylenes is 1. The maximum Gasteiger partial charge on any atom is 0.279 e. The van der Waals surface area contributed by atoms with E-state index in [0.717, 1.165) is 41.6 Å². The first-order valence-corrected chi connectivity index (χ1v) is 13.6. The Labute approximate surface area is 213 Å². The van der Waals surface area contributed by atoms with Crippen LogP contribution in [0.15, 0.2) is 76.6 Å². The number of aryl methyl sites for hydroxylation is 1. The fourth-order valence-electron chi connectivity index (χ4n) is 3.68. The van der Waals surface area contributed by atoms with Crippen LogP contribution in [0.2, 0.25) is 0 Å². The van der Waals surface area contributed by atoms with E-state index in [1.54, 1.807) is 12.1 Å². The van der Waals surface area contributed by atoms with Gasteiger partial charge in [-0.1, -0.05) is 42.7 Å². The first-order valence-electron chi connectivity index (χ1n) is 11.3. The summed E-state index contributed by atoms with van der Waals surface area (Å²) in [7, 11) is -3.96. The lowest BCUT2D eigenvalue weighted by atomic mass is 10.1. The summed E-state index contributed by atoms with van der Waals surface area (Å²) in [6.07, 6.45) is 8.75. The second-order valence-electron chi connectivity index (χ2n) is 8.14. The van der Waals surface area contributed by atoms with Crippen molar-refractivity contribution < 1.29 is 17.6 Å². The number of fused-ring (bicyclic) bond motifs is 1. The number of carbonyl (C=O) groups excluding carboxylic acids is 1. The molecule has 1 amide bonds. The fourth-order valence-corrected chi connectivity index (χ4v) is 5.82. The minimum atomic E-state index is -3.96. The molecule has 6 nitrogen and oxygen atoms in total. The molecule has 1 aromatic heterocycles. The molecule has 9 heteroatoms. The summed E-state index contributed by atoms with van der Waals surface area (Å²) in [6.45, 7) is 2.41. The van der Waals surface area contributed by atoms with Crippen LogP contribution in [0.1, 0.15) is 35.7 Å². The number of amides is 1. The van der Waals surface area contributed by atoms with Gasteiger partial charge in [0.2, 0.25) is 0 Å². The predicted molar refractivity (Wildman–Crippen MR) is 141 cm³/mol. The van der Waals surface area contributed by atoms with E-state index in [2.05, 4.69) is 34.7 Å². The van der Waals surface area contributed by atoms with Crippen molar-refractivity contribution >= 4 is 43.2 Å². The Balaban J connectivity index is 1.65. The lowest BCUT2D eigenvalue weighted by Gasteiger charge is -2.08. The number of carbonyl (C=O) groups is 1. The lowest BCUT2D eigenvalue weighted by molar-refractivity contribution is 0.0998. The van der Waals surface area contributed by atoms with Gasteiger partial charge in [-0.25, -0.2) is 12.8 Å². The van der Waals surface area contributed by atoms with Crippen molar-refractivity contribution in [3.8, 4) is 12.3 Å². The van der Waals surface area contributed by atoms with Gasteiger partial charge >= 0.3 is 0 Å². The zero-order valence-corrected chi connectivity index (χ0v) is 21.2. The smallest absolute Gasteiger partial charge is 0.279 e. The topological polar surface area (TPSA) is 80.5 Å². The Morgan fingerprint density at radius 3 is 2.64 bits per heavy atom. The number of thiazole rings is 1. The molecule has 0 aliphatic rings. The summed E-state index contributed by atoms with van der Waals surface area (Å²) in [5.74, 6) is 1.55. The van der Waals surface area contributed by atoms with Gasteiger partial charge in [-0.2, -0.15) is 4.99 Å². The number of halogens is 1. The summed E-state index contributed by atoms with van der Waals surface area (Å²) in [6, 6.07) is 16.7. The van der Waals surface area contributed by atoms with Gasteiger partial charge in [0, 0.05) is 11.3 Å². The number of aromatic nitrogens is 1. The molecule has 0 bridgehead atoms. The van der Waals surface area contributed by atoms with E-state index < -0.39 is 21.7 Å². The highest BCUT2D eigenvalue weighted by Crippen LogP contribution is 2.21. The molecule has 1 heterocycles. The third-order valence-corrected chi connectivity index (χ3v) is 7.94. The van der Waals surface area contributed by atoms with Crippen molar-refractivity contribution in [2.45, 2.75) is 37.6 Å². The van der Waals surface area contributed by atoms with Crippen LogP contribution in [0.3, 0.4) is 0 Å². The van der Waals surface area contributed by atoms with Crippen molar-refractivity contribution in [3.05, 3.63) is 88.5 Å². The molecule has 0 saturated heterocycles. The van der Waals surface area contributed by atoms with Gasteiger partial charge in [-0.3, -0.25) is 9.52 Å². The van der Waals surface area contributed by atoms with Crippen LogP contribution in [0.5, 0.6) is 0 Å². The van der Waals surface area contributed by atoms with Crippen molar-refractivity contribution in [3.63, 3.8) is 0 Å². The van der Waals surface area contributed by atoms with Crippen LogP contribution in [-0.4, -0.2) is 18.9 Å². The monoisotopic (exact) mass is 521 g/mol. The minimum Gasteiger partial charge on any atom is -0.305 e. The number of sulfonamides is 1. The molecule has 3 aromatic carbocycles. The first kappa shape index (κ1) is 25.4. The SMILES string of the molecule is C#CCn1c(=NC(=O)c2cccc(NS(=O)(=O)c3ccc(F)cc3)c2)sc2cc(CCCC)ccc21. The molecular formula is C27H24FN3O3S2. The highest BCUT2D eigenvalue weighted by molar-refractivity contribution is 7.92. The number of hydrogen-bond donors (Lipinski definition) is 1. The lowest BCUT2D eigenvalue weighted by Crippen LogP contribution is -2.17. The molecule has 0 spiro atoms. The second-order valence-corrected chi connectivity index (χ2v) is 10.8. The molecule has 4 aromatic rings. The number of hydrogen-bond acceptors (Lipinski definition) is 4. The largest absolute Gasteiger partial charge is 0.305 e. The van der Waals surface area contributed by atoms with Crippen LogP contribution in [0.25, 0.3) is 10.2 Å². The van der Waals surface area contributed by atoms with E-state index in [-0.39, 0.29) is 22.7 Å². The molecule has 0 aliphatic carbocycles. The predicted octanol–water partition coefficient (Wildman–Crippen LogP) is 5.36. The minimum absolute atomic E-state index is 0.0933. The van der Waals surface area contributed by atoms with E-state index in [0.29, 0.717) is 4.80 Å². The number of nitrogens with one attached hydrogen (secondary N) is 1. The number of benzene rings is 3.